The van der Waals surface area contributed by atoms with Crippen molar-refractivity contribution in [2.45, 2.75) is 0 Å². The Labute approximate surface area is 145 Å². The summed E-state index contributed by atoms with van der Waals surface area (Å²) in [6.07, 6.45) is 0. The average Bonchev–Trinajstić information content (AvgIpc) is 2.98. The van der Waals surface area contributed by atoms with Crippen LogP contribution in [0, 0.1) is 0 Å². The number of fused-ring (bicyclic) bond motifs is 1. The smallest absolute Gasteiger partial charge is 0.269 e. The van der Waals surface area contributed by atoms with Gasteiger partial charge >= 0.3 is 0 Å². The Morgan fingerprint density at radius 1 is 1.08 bits per heavy atom. The normalized spacial score (nSPS) is 15.0. The molecule has 2 aromatic carbocycles. The topological polar surface area (TPSA) is 25.6 Å². The maximum atomic E-state index is 5.43. The summed E-state index contributed by atoms with van der Waals surface area (Å²) in [7, 11) is 3.83. The third-order valence-electron chi connectivity index (χ3n) is 4.53. The highest BCUT2D eigenvalue weighted by Gasteiger charge is 2.19. The molecular formula is C19H21N2O2S+. The van der Waals surface area contributed by atoms with E-state index in [9.17, 15) is 0 Å². The molecule has 5 heteroatoms. The molecule has 0 aliphatic carbocycles. The first kappa shape index (κ1) is 15.4. The fraction of sp³-hybridized carbons (Fsp3) is 0.316. The third kappa shape index (κ3) is 2.74. The SMILES string of the molecule is COc1ccc2c(c1)sc(-c1ccc(N3CCOCC3)cc1)[n+]2C. The predicted octanol–water partition coefficient (Wildman–Crippen LogP) is 3.24. The molecule has 0 bridgehead atoms. The zero-order valence-electron chi connectivity index (χ0n) is 14.0. The van der Waals surface area contributed by atoms with E-state index in [-0.39, 0.29) is 0 Å². The van der Waals surface area contributed by atoms with Gasteiger partial charge in [-0.3, -0.25) is 0 Å². The molecule has 124 valence electrons. The molecule has 24 heavy (non-hydrogen) atoms. The highest BCUT2D eigenvalue weighted by Crippen LogP contribution is 2.31. The van der Waals surface area contributed by atoms with E-state index < -0.39 is 0 Å². The second-order valence-corrected chi connectivity index (χ2v) is 6.98. The average molecular weight is 341 g/mol. The zero-order valence-corrected chi connectivity index (χ0v) is 14.8. The van der Waals surface area contributed by atoms with Crippen molar-refractivity contribution < 1.29 is 14.0 Å². The van der Waals surface area contributed by atoms with Gasteiger partial charge in [0, 0.05) is 30.9 Å². The number of aryl methyl sites for hydroxylation is 1. The summed E-state index contributed by atoms with van der Waals surface area (Å²) in [6.45, 7) is 3.56. The fourth-order valence-electron chi connectivity index (χ4n) is 3.15. The number of hydrogen-bond donors (Lipinski definition) is 0. The molecule has 1 aliphatic rings. The Morgan fingerprint density at radius 3 is 2.54 bits per heavy atom. The maximum Gasteiger partial charge on any atom is 0.269 e. The van der Waals surface area contributed by atoms with Gasteiger partial charge in [0.2, 0.25) is 5.52 Å². The summed E-state index contributed by atoms with van der Waals surface area (Å²) in [5, 5.41) is 1.26. The molecule has 1 fully saturated rings. The molecule has 2 heterocycles. The van der Waals surface area contributed by atoms with Crippen LogP contribution in [0.25, 0.3) is 20.8 Å². The number of aromatic nitrogens is 1. The van der Waals surface area contributed by atoms with Crippen LogP contribution in [-0.4, -0.2) is 33.4 Å². The Balaban J connectivity index is 1.68. The molecule has 0 N–H and O–H groups in total. The molecule has 4 nitrogen and oxygen atoms in total. The van der Waals surface area contributed by atoms with Crippen molar-refractivity contribution in [3.8, 4) is 16.3 Å². The summed E-state index contributed by atoms with van der Waals surface area (Å²) in [6, 6.07) is 15.1. The number of benzene rings is 2. The van der Waals surface area contributed by atoms with Crippen molar-refractivity contribution in [3.63, 3.8) is 0 Å². The van der Waals surface area contributed by atoms with Crippen molar-refractivity contribution in [2.75, 3.05) is 38.3 Å². The third-order valence-corrected chi connectivity index (χ3v) is 5.78. The quantitative estimate of drug-likeness (QED) is 0.684. The van der Waals surface area contributed by atoms with Gasteiger partial charge in [-0.15, -0.1) is 0 Å². The first-order chi connectivity index (χ1) is 11.8. The summed E-state index contributed by atoms with van der Waals surface area (Å²) in [4.78, 5) is 2.38. The summed E-state index contributed by atoms with van der Waals surface area (Å²) in [5.74, 6) is 0.901. The van der Waals surface area contributed by atoms with E-state index in [1.165, 1.54) is 26.5 Å². The summed E-state index contributed by atoms with van der Waals surface area (Å²) < 4.78 is 14.3. The number of hydrogen-bond acceptors (Lipinski definition) is 4. The molecule has 0 spiro atoms. The highest BCUT2D eigenvalue weighted by molar-refractivity contribution is 7.21. The molecule has 3 aromatic rings. The van der Waals surface area contributed by atoms with E-state index in [1.54, 1.807) is 18.4 Å². The minimum absolute atomic E-state index is 0.814. The van der Waals surface area contributed by atoms with Gasteiger partial charge in [-0.05, 0) is 30.3 Å². The molecular weight excluding hydrogens is 320 g/mol. The van der Waals surface area contributed by atoms with Crippen molar-refractivity contribution >= 4 is 27.2 Å². The fourth-order valence-corrected chi connectivity index (χ4v) is 4.33. The Hall–Kier alpha value is -2.11. The van der Waals surface area contributed by atoms with Gasteiger partial charge in [0.25, 0.3) is 5.01 Å². The van der Waals surface area contributed by atoms with Crippen LogP contribution >= 0.6 is 11.3 Å². The van der Waals surface area contributed by atoms with Gasteiger partial charge in [-0.1, -0.05) is 11.3 Å². The molecule has 1 aromatic heterocycles. The second kappa shape index (κ2) is 6.42. The molecule has 0 atom stereocenters. The van der Waals surface area contributed by atoms with E-state index in [0.717, 1.165) is 32.1 Å². The standard InChI is InChI=1S/C19H21N2O2S/c1-20-17-8-7-16(22-2)13-18(17)24-19(20)14-3-5-15(6-4-14)21-9-11-23-12-10-21/h3-8,13H,9-12H2,1-2H3/q+1. The molecule has 4 rings (SSSR count). The second-order valence-electron chi connectivity index (χ2n) is 5.95. The van der Waals surface area contributed by atoms with Crippen molar-refractivity contribution in [2.24, 2.45) is 7.05 Å². The molecule has 1 saturated heterocycles. The van der Waals surface area contributed by atoms with Crippen LogP contribution in [0.4, 0.5) is 5.69 Å². The van der Waals surface area contributed by atoms with E-state index in [4.69, 9.17) is 9.47 Å². The monoisotopic (exact) mass is 341 g/mol. The number of methoxy groups -OCH3 is 1. The lowest BCUT2D eigenvalue weighted by molar-refractivity contribution is -0.629. The summed E-state index contributed by atoms with van der Waals surface area (Å²) >= 11 is 1.80. The molecule has 1 aliphatic heterocycles. The first-order valence-electron chi connectivity index (χ1n) is 8.16. The zero-order chi connectivity index (χ0) is 16.5. The Kier molecular flexibility index (Phi) is 4.12. The minimum Gasteiger partial charge on any atom is -0.497 e. The van der Waals surface area contributed by atoms with Gasteiger partial charge in [0.1, 0.15) is 17.5 Å². The lowest BCUT2D eigenvalue weighted by Gasteiger charge is -2.28. The van der Waals surface area contributed by atoms with Crippen LogP contribution < -0.4 is 14.2 Å². The van der Waals surface area contributed by atoms with E-state index >= 15 is 0 Å². The van der Waals surface area contributed by atoms with Crippen molar-refractivity contribution in [1.29, 1.82) is 0 Å². The number of anilines is 1. The van der Waals surface area contributed by atoms with Crippen LogP contribution in [-0.2, 0) is 11.8 Å². The maximum absolute atomic E-state index is 5.43. The molecule has 0 unspecified atom stereocenters. The minimum atomic E-state index is 0.814. The van der Waals surface area contributed by atoms with Crippen molar-refractivity contribution in [1.82, 2.24) is 0 Å². The number of thiazole rings is 1. The van der Waals surface area contributed by atoms with Crippen molar-refractivity contribution in [3.05, 3.63) is 42.5 Å². The summed E-state index contributed by atoms with van der Waals surface area (Å²) in [5.41, 5.74) is 3.75. The van der Waals surface area contributed by atoms with Gasteiger partial charge in [0.15, 0.2) is 0 Å². The van der Waals surface area contributed by atoms with Gasteiger partial charge < -0.3 is 14.4 Å². The molecule has 0 saturated carbocycles. The van der Waals surface area contributed by atoms with E-state index in [1.807, 2.05) is 6.07 Å². The van der Waals surface area contributed by atoms with Crippen LogP contribution in [0.15, 0.2) is 42.5 Å². The lowest BCUT2D eigenvalue weighted by atomic mass is 10.2. The predicted molar refractivity (Wildman–Crippen MR) is 98.0 cm³/mol. The van der Waals surface area contributed by atoms with Crippen LogP contribution in [0.2, 0.25) is 0 Å². The Morgan fingerprint density at radius 2 is 1.83 bits per heavy atom. The molecule has 0 amide bonds. The number of nitrogens with zero attached hydrogens (tertiary/aromatic N) is 2. The van der Waals surface area contributed by atoms with Gasteiger partial charge in [0.05, 0.1) is 25.9 Å². The highest BCUT2D eigenvalue weighted by atomic mass is 32.1. The number of ether oxygens (including phenoxy) is 2. The first-order valence-corrected chi connectivity index (χ1v) is 8.97. The van der Waals surface area contributed by atoms with Crippen LogP contribution in [0.1, 0.15) is 0 Å². The molecule has 0 radical (unpaired) electrons. The lowest BCUT2D eigenvalue weighted by Crippen LogP contribution is -2.36. The Bertz CT molecular complexity index is 852. The van der Waals surface area contributed by atoms with E-state index in [0.29, 0.717) is 0 Å². The van der Waals surface area contributed by atoms with Crippen LogP contribution in [0.5, 0.6) is 5.75 Å². The van der Waals surface area contributed by atoms with Gasteiger partial charge in [-0.2, -0.15) is 4.57 Å². The van der Waals surface area contributed by atoms with Gasteiger partial charge in [-0.25, -0.2) is 0 Å². The largest absolute Gasteiger partial charge is 0.497 e. The number of morpholine rings is 1. The van der Waals surface area contributed by atoms with E-state index in [2.05, 4.69) is 52.9 Å². The number of rotatable bonds is 3. The van der Waals surface area contributed by atoms with Crippen LogP contribution in [0.3, 0.4) is 0 Å².